The molecule has 210 valence electrons. The van der Waals surface area contributed by atoms with Gasteiger partial charge >= 0.3 is 12.1 Å². The minimum Gasteiger partial charge on any atom is -0.462 e. The summed E-state index contributed by atoms with van der Waals surface area (Å²) in [6.45, 7) is 11.0. The maximum atomic E-state index is 12.8. The smallest absolute Gasteiger partial charge is 0.410 e. The van der Waals surface area contributed by atoms with Crippen LogP contribution in [-0.4, -0.2) is 42.3 Å². The summed E-state index contributed by atoms with van der Waals surface area (Å²) in [7, 11) is 0. The van der Waals surface area contributed by atoms with Crippen LogP contribution in [0.1, 0.15) is 55.6 Å². The van der Waals surface area contributed by atoms with Gasteiger partial charge in [-0.05, 0) is 103 Å². The Kier molecular flexibility index (Phi) is 7.98. The van der Waals surface area contributed by atoms with Crippen LogP contribution in [0.5, 0.6) is 0 Å². The lowest BCUT2D eigenvalue weighted by molar-refractivity contribution is 0.0270. The van der Waals surface area contributed by atoms with E-state index in [-0.39, 0.29) is 12.1 Å². The van der Waals surface area contributed by atoms with Crippen molar-refractivity contribution >= 4 is 28.4 Å². The third-order valence-corrected chi connectivity index (χ3v) is 7.28. The third-order valence-electron chi connectivity index (χ3n) is 7.28. The summed E-state index contributed by atoms with van der Waals surface area (Å²) in [5.74, 6) is -0.324. The van der Waals surface area contributed by atoms with Crippen molar-refractivity contribution in [2.24, 2.45) is 0 Å². The van der Waals surface area contributed by atoms with E-state index in [1.807, 2.05) is 39.8 Å². The summed E-state index contributed by atoms with van der Waals surface area (Å²) >= 11 is 0. The lowest BCUT2D eigenvalue weighted by Gasteiger charge is -2.29. The van der Waals surface area contributed by atoms with E-state index in [9.17, 15) is 9.59 Å². The molecule has 4 aromatic rings. The molecule has 5 rings (SSSR count). The van der Waals surface area contributed by atoms with Gasteiger partial charge in [-0.1, -0.05) is 72.3 Å². The predicted octanol–water partition coefficient (Wildman–Crippen LogP) is 8.68. The Balaban J connectivity index is 1.46. The van der Waals surface area contributed by atoms with Crippen molar-refractivity contribution in [3.63, 3.8) is 0 Å². The predicted molar refractivity (Wildman–Crippen MR) is 166 cm³/mol. The van der Waals surface area contributed by atoms with Crippen molar-refractivity contribution in [2.75, 3.05) is 19.7 Å². The molecule has 0 atom stereocenters. The van der Waals surface area contributed by atoms with E-state index < -0.39 is 5.60 Å². The molecule has 0 aliphatic carbocycles. The number of hydrogen-bond acceptors (Lipinski definition) is 4. The van der Waals surface area contributed by atoms with Crippen LogP contribution in [0.4, 0.5) is 4.79 Å². The van der Waals surface area contributed by atoms with Gasteiger partial charge in [0.1, 0.15) is 5.60 Å². The highest BCUT2D eigenvalue weighted by atomic mass is 16.6. The SMILES string of the molecule is CCOC(=O)c1cc(-c2ccc(C3=CCN(C(=O)OC(C)(C)C)CC3)cc2)c2ccc(-c3ccc(C)cc3)cc2c1. The van der Waals surface area contributed by atoms with E-state index in [1.54, 1.807) is 4.90 Å². The zero-order chi connectivity index (χ0) is 29.1. The number of esters is 1. The first-order valence-corrected chi connectivity index (χ1v) is 14.2. The van der Waals surface area contributed by atoms with Crippen LogP contribution >= 0.6 is 0 Å². The number of benzene rings is 4. The van der Waals surface area contributed by atoms with Crippen LogP contribution in [0.2, 0.25) is 0 Å². The molecule has 0 unspecified atom stereocenters. The lowest BCUT2D eigenvalue weighted by atomic mass is 9.91. The molecule has 1 aliphatic rings. The summed E-state index contributed by atoms with van der Waals surface area (Å²) in [4.78, 5) is 27.0. The highest BCUT2D eigenvalue weighted by Gasteiger charge is 2.24. The first-order valence-electron chi connectivity index (χ1n) is 14.2. The van der Waals surface area contributed by atoms with E-state index in [2.05, 4.69) is 79.7 Å². The highest BCUT2D eigenvalue weighted by Crippen LogP contribution is 2.35. The lowest BCUT2D eigenvalue weighted by Crippen LogP contribution is -2.39. The average molecular weight is 548 g/mol. The first-order chi connectivity index (χ1) is 19.6. The number of fused-ring (bicyclic) bond motifs is 1. The summed E-state index contributed by atoms with van der Waals surface area (Å²) in [5.41, 5.74) is 7.84. The number of carbonyl (C=O) groups excluding carboxylic acids is 2. The maximum Gasteiger partial charge on any atom is 0.410 e. The molecule has 0 saturated heterocycles. The fourth-order valence-corrected chi connectivity index (χ4v) is 5.15. The molecule has 0 radical (unpaired) electrons. The van der Waals surface area contributed by atoms with Crippen molar-refractivity contribution < 1.29 is 19.1 Å². The van der Waals surface area contributed by atoms with Crippen molar-refractivity contribution in [1.29, 1.82) is 0 Å². The molecule has 41 heavy (non-hydrogen) atoms. The van der Waals surface area contributed by atoms with Gasteiger partial charge in [-0.3, -0.25) is 0 Å². The van der Waals surface area contributed by atoms with Gasteiger partial charge in [-0.2, -0.15) is 0 Å². The van der Waals surface area contributed by atoms with Gasteiger partial charge in [0.15, 0.2) is 0 Å². The number of hydrogen-bond donors (Lipinski definition) is 0. The number of rotatable bonds is 5. The van der Waals surface area contributed by atoms with Gasteiger partial charge in [-0.15, -0.1) is 0 Å². The van der Waals surface area contributed by atoms with Crippen molar-refractivity contribution in [3.05, 3.63) is 102 Å². The van der Waals surface area contributed by atoms with Crippen LogP contribution < -0.4 is 0 Å². The molecule has 0 spiro atoms. The van der Waals surface area contributed by atoms with Gasteiger partial charge in [-0.25, -0.2) is 9.59 Å². The van der Waals surface area contributed by atoms with Gasteiger partial charge in [0.25, 0.3) is 0 Å². The second-order valence-corrected chi connectivity index (χ2v) is 11.5. The number of amides is 1. The molecule has 0 N–H and O–H groups in total. The molecule has 0 fully saturated rings. The number of aryl methyl sites for hydroxylation is 1. The number of nitrogens with zero attached hydrogens (tertiary/aromatic N) is 1. The minimum absolute atomic E-state index is 0.276. The molecule has 1 heterocycles. The molecular formula is C36H37NO4. The van der Waals surface area contributed by atoms with Gasteiger partial charge in [0, 0.05) is 13.1 Å². The fraction of sp³-hybridized carbons (Fsp3) is 0.278. The standard InChI is InChI=1S/C36H37NO4/c1-6-40-34(38)31-22-30-21-29(26-9-7-24(2)8-10-26)15-16-32(30)33(23-31)28-13-11-25(12-14-28)27-17-19-37(20-18-27)35(39)41-36(3,4)5/h7-17,21-23H,6,18-20H2,1-5H3. The maximum absolute atomic E-state index is 12.8. The molecular weight excluding hydrogens is 510 g/mol. The summed E-state index contributed by atoms with van der Waals surface area (Å²) in [5, 5.41) is 2.07. The van der Waals surface area contributed by atoms with Gasteiger partial charge in [0.2, 0.25) is 0 Å². The average Bonchev–Trinajstić information content (AvgIpc) is 2.96. The van der Waals surface area contributed by atoms with Crippen LogP contribution in [0.3, 0.4) is 0 Å². The summed E-state index contributed by atoms with van der Waals surface area (Å²) in [6, 6.07) is 27.2. The molecule has 4 aromatic carbocycles. The van der Waals surface area contributed by atoms with Gasteiger partial charge in [0.05, 0.1) is 12.2 Å². The van der Waals surface area contributed by atoms with Gasteiger partial charge < -0.3 is 14.4 Å². The second kappa shape index (κ2) is 11.6. The van der Waals surface area contributed by atoms with E-state index in [4.69, 9.17) is 9.47 Å². The van der Waals surface area contributed by atoms with Crippen LogP contribution in [0.25, 0.3) is 38.6 Å². The monoisotopic (exact) mass is 547 g/mol. The number of ether oxygens (including phenoxy) is 2. The zero-order valence-electron chi connectivity index (χ0n) is 24.5. The Labute approximate surface area is 242 Å². The minimum atomic E-state index is -0.506. The molecule has 1 amide bonds. The van der Waals surface area contributed by atoms with Crippen molar-refractivity contribution in [1.82, 2.24) is 4.90 Å². The van der Waals surface area contributed by atoms with E-state index in [1.165, 1.54) is 11.1 Å². The Morgan fingerprint density at radius 2 is 1.49 bits per heavy atom. The van der Waals surface area contributed by atoms with Crippen molar-refractivity contribution in [3.8, 4) is 22.3 Å². The van der Waals surface area contributed by atoms with Crippen LogP contribution in [0.15, 0.2) is 84.9 Å². The Morgan fingerprint density at radius 3 is 2.12 bits per heavy atom. The summed E-state index contributed by atoms with van der Waals surface area (Å²) in [6.07, 6.45) is 2.59. The Morgan fingerprint density at radius 1 is 0.829 bits per heavy atom. The molecule has 1 aliphatic heterocycles. The van der Waals surface area contributed by atoms with Crippen LogP contribution in [-0.2, 0) is 9.47 Å². The largest absolute Gasteiger partial charge is 0.462 e. The molecule has 0 bridgehead atoms. The normalized spacial score (nSPS) is 13.6. The molecule has 0 aromatic heterocycles. The highest BCUT2D eigenvalue weighted by molar-refractivity contribution is 6.04. The van der Waals surface area contributed by atoms with E-state index >= 15 is 0 Å². The molecule has 0 saturated carbocycles. The van der Waals surface area contributed by atoms with Crippen LogP contribution in [0, 0.1) is 6.92 Å². The third kappa shape index (κ3) is 6.51. The molecule has 5 heteroatoms. The topological polar surface area (TPSA) is 55.8 Å². The van der Waals surface area contributed by atoms with E-state index in [0.29, 0.717) is 25.3 Å². The Hall–Kier alpha value is -4.38. The van der Waals surface area contributed by atoms with E-state index in [0.717, 1.165) is 45.0 Å². The zero-order valence-corrected chi connectivity index (χ0v) is 24.5. The first kappa shape index (κ1) is 28.2. The fourth-order valence-electron chi connectivity index (χ4n) is 5.15. The summed E-state index contributed by atoms with van der Waals surface area (Å²) < 4.78 is 10.9. The second-order valence-electron chi connectivity index (χ2n) is 11.5. The quantitative estimate of drug-likeness (QED) is 0.235. The molecule has 5 nitrogen and oxygen atoms in total. The number of carbonyl (C=O) groups is 2. The Bertz CT molecular complexity index is 1610. The van der Waals surface area contributed by atoms with Crippen molar-refractivity contribution in [2.45, 2.75) is 46.6 Å².